The van der Waals surface area contributed by atoms with Gasteiger partial charge in [0.2, 0.25) is 0 Å². The van der Waals surface area contributed by atoms with Gasteiger partial charge in [0.25, 0.3) is 0 Å². The van der Waals surface area contributed by atoms with Crippen LogP contribution < -0.4 is 14.5 Å². The van der Waals surface area contributed by atoms with Gasteiger partial charge in [0, 0.05) is 72.5 Å². The topological polar surface area (TPSA) is 33.5 Å². The molecule has 0 atom stereocenters. The van der Waals surface area contributed by atoms with Crippen LogP contribution in [0.4, 0.5) is 22.7 Å². The summed E-state index contributed by atoms with van der Waals surface area (Å²) in [5.41, 5.74) is 21.1. The predicted molar refractivity (Wildman–Crippen MR) is 349 cm³/mol. The molecule has 0 saturated heterocycles. The van der Waals surface area contributed by atoms with Crippen LogP contribution in [0.1, 0.15) is 101 Å². The number of nitrogens with zero attached hydrogens (tertiary/aromatic N) is 4. The quantitative estimate of drug-likeness (QED) is 0.135. The summed E-state index contributed by atoms with van der Waals surface area (Å²) in [7, 11) is 0. The third-order valence-corrected chi connectivity index (χ3v) is 17.3. The van der Waals surface area contributed by atoms with E-state index in [2.05, 4.69) is 308 Å². The van der Waals surface area contributed by atoms with Crippen molar-refractivity contribution in [2.24, 2.45) is 0 Å². The van der Waals surface area contributed by atoms with Crippen LogP contribution in [-0.4, -0.2) is 9.55 Å². The second-order valence-corrected chi connectivity index (χ2v) is 25.7. The number of hydrogen-bond acceptors (Lipinski definition) is 4. The van der Waals surface area contributed by atoms with E-state index < -0.39 is 5.41 Å². The molecule has 3 heterocycles. The van der Waals surface area contributed by atoms with Gasteiger partial charge in [-0.2, -0.15) is 12.1 Å². The van der Waals surface area contributed by atoms with Gasteiger partial charge in [-0.3, -0.25) is 0 Å². The molecule has 0 radical (unpaired) electrons. The Morgan fingerprint density at radius 3 is 1.59 bits per heavy atom. The van der Waals surface area contributed by atoms with E-state index >= 15 is 0 Å². The van der Waals surface area contributed by atoms with Crippen molar-refractivity contribution in [2.45, 2.75) is 84.0 Å². The van der Waals surface area contributed by atoms with Gasteiger partial charge in [-0.1, -0.05) is 226 Å². The number of hydrogen-bond donors (Lipinski definition) is 0. The number of aromatic nitrogens is 2. The van der Waals surface area contributed by atoms with E-state index in [1.54, 1.807) is 0 Å². The first-order valence-electron chi connectivity index (χ1n) is 29.3. The Morgan fingerprint density at radius 1 is 0.435 bits per heavy atom. The molecule has 6 heteroatoms. The summed E-state index contributed by atoms with van der Waals surface area (Å²) in [5, 5.41) is 2.17. The van der Waals surface area contributed by atoms with E-state index in [1.807, 2.05) is 24.4 Å². The van der Waals surface area contributed by atoms with Crippen LogP contribution in [0, 0.1) is 18.8 Å². The van der Waals surface area contributed by atoms with Crippen molar-refractivity contribution in [1.82, 2.24) is 9.55 Å². The predicted octanol–water partition coefficient (Wildman–Crippen LogP) is 20.6. The van der Waals surface area contributed by atoms with Crippen LogP contribution in [0.25, 0.3) is 61.0 Å². The smallest absolute Gasteiger partial charge is 0.135 e. The maximum atomic E-state index is 6.94. The summed E-state index contributed by atoms with van der Waals surface area (Å²) < 4.78 is 9.24. The van der Waals surface area contributed by atoms with Crippen molar-refractivity contribution < 1.29 is 25.8 Å². The van der Waals surface area contributed by atoms with Crippen molar-refractivity contribution in [1.29, 1.82) is 0 Å². The molecule has 1 aliphatic heterocycles. The second-order valence-electron chi connectivity index (χ2n) is 25.7. The third kappa shape index (κ3) is 9.49. The number of benzene rings is 10. The number of anilines is 4. The first kappa shape index (κ1) is 55.4. The van der Waals surface area contributed by atoms with E-state index in [9.17, 15) is 0 Å². The Hall–Kier alpha value is -8.76. The number of para-hydroxylation sites is 2. The van der Waals surface area contributed by atoms with Gasteiger partial charge in [-0.25, -0.2) is 4.98 Å². The molecule has 0 unspecified atom stereocenters. The van der Waals surface area contributed by atoms with Crippen LogP contribution in [0.3, 0.4) is 0 Å². The Balaban J connectivity index is 0.00000672. The van der Waals surface area contributed by atoms with Gasteiger partial charge in [0.1, 0.15) is 5.82 Å². The molecule has 1 aliphatic carbocycles. The van der Waals surface area contributed by atoms with E-state index in [0.29, 0.717) is 11.5 Å². The molecule has 5 nitrogen and oxygen atoms in total. The minimum Gasteiger partial charge on any atom is -0.509 e. The average Bonchev–Trinajstić information content (AvgIpc) is 1.89. The summed E-state index contributed by atoms with van der Waals surface area (Å²) >= 11 is 0. The first-order valence-corrected chi connectivity index (χ1v) is 29.3. The fraction of sp³-hybridized carbons (Fsp3) is 0.165. The molecule has 422 valence electrons. The van der Waals surface area contributed by atoms with Gasteiger partial charge < -0.3 is 19.1 Å². The summed E-state index contributed by atoms with van der Waals surface area (Å²) in [6.07, 6.45) is 1.94. The molecule has 2 aromatic heterocycles. The second kappa shape index (κ2) is 21.1. The van der Waals surface area contributed by atoms with Crippen molar-refractivity contribution in [3.63, 3.8) is 0 Å². The fourth-order valence-electron chi connectivity index (χ4n) is 12.9. The van der Waals surface area contributed by atoms with E-state index in [-0.39, 0.29) is 37.3 Å². The number of fused-ring (bicyclic) bond motifs is 7. The maximum Gasteiger partial charge on any atom is 0.135 e. The zero-order valence-corrected chi connectivity index (χ0v) is 51.9. The molecule has 12 aromatic rings. The minimum absolute atomic E-state index is 0. The Morgan fingerprint density at radius 2 is 0.976 bits per heavy atom. The molecule has 0 fully saturated rings. The summed E-state index contributed by atoms with van der Waals surface area (Å²) in [6.45, 7) is 22.7. The molecule has 0 amide bonds. The molecule has 14 rings (SSSR count). The molecular formula is C79H67N4OPt-3. The van der Waals surface area contributed by atoms with Crippen LogP contribution in [-0.2, 0) is 42.7 Å². The molecular weight excluding hydrogens is 1220 g/mol. The van der Waals surface area contributed by atoms with Crippen molar-refractivity contribution in [3.05, 3.63) is 294 Å². The van der Waals surface area contributed by atoms with Crippen molar-refractivity contribution in [3.8, 4) is 50.7 Å². The van der Waals surface area contributed by atoms with Crippen LogP contribution in [0.2, 0.25) is 0 Å². The van der Waals surface area contributed by atoms with Gasteiger partial charge in [-0.05, 0) is 125 Å². The van der Waals surface area contributed by atoms with E-state index in [4.69, 9.17) is 9.72 Å². The zero-order valence-electron chi connectivity index (χ0n) is 49.6. The molecule has 2 aliphatic rings. The molecule has 0 spiro atoms. The average molecular weight is 1280 g/mol. The van der Waals surface area contributed by atoms with Gasteiger partial charge >= 0.3 is 0 Å². The Labute approximate surface area is 515 Å². The standard InChI is InChI=1S/C79H67N4O.Pt/c1-76(2,3)54-35-37-55(38-36-54)79(68-31-18-16-29-62(68)63-30-17-19-32-69(63)79)57-39-41-64-65-42-40-61(50-73(65)83(72(64)47-57)74-48-56(43-44-80-74)77(4,5)6)84-60-28-22-27-59(49-60)81-51-82(71-34-21-20-33-70(71)81)75-66(52-23-12-10-13-24-52)45-58(78(7,8)9)46-67(75)53-25-14-11-15-26-53;/h10-48,51H,1-9H3;/q-3;. The largest absolute Gasteiger partial charge is 0.509 e. The van der Waals surface area contributed by atoms with Crippen LogP contribution in [0.15, 0.2) is 237 Å². The zero-order chi connectivity index (χ0) is 57.7. The molecule has 10 aromatic carbocycles. The summed E-state index contributed by atoms with van der Waals surface area (Å²) in [5.74, 6) is 1.98. The minimum atomic E-state index is -0.603. The maximum absolute atomic E-state index is 6.94. The van der Waals surface area contributed by atoms with Gasteiger partial charge in [0.05, 0.1) is 5.41 Å². The van der Waals surface area contributed by atoms with Crippen LogP contribution in [0.5, 0.6) is 11.5 Å². The normalized spacial score (nSPS) is 13.6. The molecule has 0 N–H and O–H groups in total. The number of pyridine rings is 1. The van der Waals surface area contributed by atoms with Crippen molar-refractivity contribution in [2.75, 3.05) is 9.80 Å². The van der Waals surface area contributed by atoms with Crippen molar-refractivity contribution >= 4 is 44.6 Å². The molecule has 0 saturated carbocycles. The van der Waals surface area contributed by atoms with E-state index in [0.717, 1.165) is 72.6 Å². The fourth-order valence-corrected chi connectivity index (χ4v) is 12.9. The monoisotopic (exact) mass is 1280 g/mol. The Bertz CT molecular complexity index is 4400. The summed E-state index contributed by atoms with van der Waals surface area (Å²) in [6, 6.07) is 91.6. The summed E-state index contributed by atoms with van der Waals surface area (Å²) in [4.78, 5) is 9.75. The number of rotatable bonds is 9. The van der Waals surface area contributed by atoms with Crippen LogP contribution >= 0.6 is 0 Å². The van der Waals surface area contributed by atoms with Gasteiger partial charge in [0.15, 0.2) is 0 Å². The molecule has 85 heavy (non-hydrogen) atoms. The first-order chi connectivity index (χ1) is 40.5. The number of ether oxygens (including phenoxy) is 1. The van der Waals surface area contributed by atoms with Gasteiger partial charge in [-0.15, -0.1) is 48.1 Å². The third-order valence-electron chi connectivity index (χ3n) is 17.3. The molecule has 0 bridgehead atoms. The van der Waals surface area contributed by atoms with E-state index in [1.165, 1.54) is 50.1 Å². The Kier molecular flexibility index (Phi) is 13.7. The SMILES string of the molecule is CC(C)(C)c1ccc(C2(c3ccc4c5ccc(Oc6[c-]c(N7[CH-]N(c8c(-c9ccccc9)cc(C(C)(C)C)cc8-c8ccccc8)c8ccccc87)ccc6)[c-]c5n(-c5cc(C(C)(C)C)ccn5)c4c3)c3ccccc3-c3ccccc32)cc1.[Pt].